The molecular weight excluding hydrogens is 308 g/mol. The highest BCUT2D eigenvalue weighted by atomic mass is 15.1. The zero-order chi connectivity index (χ0) is 17.5. The van der Waals surface area contributed by atoms with E-state index in [1.165, 1.54) is 16.7 Å². The highest BCUT2D eigenvalue weighted by Crippen LogP contribution is 2.19. The van der Waals surface area contributed by atoms with E-state index < -0.39 is 0 Å². The van der Waals surface area contributed by atoms with Crippen molar-refractivity contribution in [3.8, 4) is 0 Å². The normalized spacial score (nSPS) is 10.5. The Balaban J connectivity index is 1.54. The number of aryl methyl sites for hydroxylation is 3. The van der Waals surface area contributed by atoms with Crippen molar-refractivity contribution in [2.45, 2.75) is 26.7 Å². The van der Waals surface area contributed by atoms with E-state index in [0.717, 1.165) is 30.9 Å². The molecule has 0 saturated carbocycles. The van der Waals surface area contributed by atoms with Crippen molar-refractivity contribution in [1.29, 1.82) is 0 Å². The Morgan fingerprint density at radius 3 is 2.60 bits per heavy atom. The van der Waals surface area contributed by atoms with E-state index in [1.807, 2.05) is 12.1 Å². The lowest BCUT2D eigenvalue weighted by atomic mass is 10.1. The van der Waals surface area contributed by atoms with Crippen LogP contribution in [0.25, 0.3) is 0 Å². The molecule has 0 aliphatic heterocycles. The average Bonchev–Trinajstić information content (AvgIpc) is 2.62. The number of nitrogens with one attached hydrogen (secondary N) is 2. The average molecular weight is 332 g/mol. The molecule has 0 atom stereocenters. The fourth-order valence-electron chi connectivity index (χ4n) is 2.75. The molecule has 0 radical (unpaired) electrons. The van der Waals surface area contributed by atoms with E-state index in [1.54, 1.807) is 6.20 Å². The number of anilines is 3. The number of hydrogen-bond donors (Lipinski definition) is 2. The van der Waals surface area contributed by atoms with Gasteiger partial charge in [0.05, 0.1) is 0 Å². The van der Waals surface area contributed by atoms with Crippen molar-refractivity contribution in [3.05, 3.63) is 77.5 Å². The van der Waals surface area contributed by atoms with E-state index in [0.29, 0.717) is 5.95 Å². The molecule has 0 spiro atoms. The fourth-order valence-corrected chi connectivity index (χ4v) is 2.75. The summed E-state index contributed by atoms with van der Waals surface area (Å²) in [6.07, 6.45) is 3.90. The molecule has 2 N–H and O–H groups in total. The first-order chi connectivity index (χ1) is 12.2. The van der Waals surface area contributed by atoms with Gasteiger partial charge in [0.25, 0.3) is 0 Å². The summed E-state index contributed by atoms with van der Waals surface area (Å²) >= 11 is 0. The van der Waals surface area contributed by atoms with Gasteiger partial charge in [-0.3, -0.25) is 0 Å². The van der Waals surface area contributed by atoms with Gasteiger partial charge in [-0.1, -0.05) is 48.0 Å². The Morgan fingerprint density at radius 2 is 1.80 bits per heavy atom. The maximum Gasteiger partial charge on any atom is 0.229 e. The third-order valence-corrected chi connectivity index (χ3v) is 4.08. The minimum atomic E-state index is 0.611. The largest absolute Gasteiger partial charge is 0.370 e. The molecule has 128 valence electrons. The second kappa shape index (κ2) is 8.29. The van der Waals surface area contributed by atoms with E-state index in [-0.39, 0.29) is 0 Å². The predicted octanol–water partition coefficient (Wildman–Crippen LogP) is 4.88. The topological polar surface area (TPSA) is 49.8 Å². The summed E-state index contributed by atoms with van der Waals surface area (Å²) in [5.41, 5.74) is 4.83. The first-order valence-corrected chi connectivity index (χ1v) is 8.66. The van der Waals surface area contributed by atoms with E-state index in [4.69, 9.17) is 0 Å². The molecule has 3 aromatic rings. The SMILES string of the molecule is Cc1ccc(Nc2nccc(NCCCc3ccccc3)n2)c(C)c1. The van der Waals surface area contributed by atoms with E-state index in [9.17, 15) is 0 Å². The van der Waals surface area contributed by atoms with Gasteiger partial charge in [0.2, 0.25) is 5.95 Å². The number of aromatic nitrogens is 2. The third kappa shape index (κ3) is 5.05. The highest BCUT2D eigenvalue weighted by Gasteiger charge is 2.03. The van der Waals surface area contributed by atoms with Gasteiger partial charge < -0.3 is 10.6 Å². The Labute approximate surface area is 149 Å². The summed E-state index contributed by atoms with van der Waals surface area (Å²) in [4.78, 5) is 8.85. The zero-order valence-corrected chi connectivity index (χ0v) is 14.8. The minimum Gasteiger partial charge on any atom is -0.370 e. The Morgan fingerprint density at radius 1 is 0.960 bits per heavy atom. The van der Waals surface area contributed by atoms with Gasteiger partial charge in [0, 0.05) is 18.4 Å². The molecule has 25 heavy (non-hydrogen) atoms. The van der Waals surface area contributed by atoms with E-state index >= 15 is 0 Å². The van der Waals surface area contributed by atoms with Gasteiger partial charge in [0.15, 0.2) is 0 Å². The molecule has 0 aliphatic carbocycles. The standard InChI is InChI=1S/C21H24N4/c1-16-10-11-19(17(2)15-16)24-21-23-14-12-20(25-21)22-13-6-9-18-7-4-3-5-8-18/h3-5,7-8,10-12,14-15H,6,9,13H2,1-2H3,(H2,22,23,24,25). The minimum absolute atomic E-state index is 0.611. The summed E-state index contributed by atoms with van der Waals surface area (Å²) in [6, 6.07) is 18.7. The van der Waals surface area contributed by atoms with Crippen LogP contribution in [0.3, 0.4) is 0 Å². The second-order valence-electron chi connectivity index (χ2n) is 6.22. The van der Waals surface area contributed by atoms with Gasteiger partial charge in [-0.15, -0.1) is 0 Å². The molecule has 0 bridgehead atoms. The number of rotatable bonds is 7. The monoisotopic (exact) mass is 332 g/mol. The molecule has 1 heterocycles. The highest BCUT2D eigenvalue weighted by molar-refractivity contribution is 5.59. The maximum atomic E-state index is 4.54. The van der Waals surface area contributed by atoms with Gasteiger partial charge in [-0.2, -0.15) is 4.98 Å². The molecule has 0 unspecified atom stereocenters. The second-order valence-corrected chi connectivity index (χ2v) is 6.22. The molecule has 2 aromatic carbocycles. The Hall–Kier alpha value is -2.88. The van der Waals surface area contributed by atoms with Crippen molar-refractivity contribution >= 4 is 17.5 Å². The molecule has 0 aliphatic rings. The van der Waals surface area contributed by atoms with Crippen LogP contribution in [0.1, 0.15) is 23.1 Å². The summed E-state index contributed by atoms with van der Waals surface area (Å²) in [5, 5.41) is 6.67. The zero-order valence-electron chi connectivity index (χ0n) is 14.8. The Bertz CT molecular complexity index is 815. The van der Waals surface area contributed by atoms with Crippen molar-refractivity contribution in [3.63, 3.8) is 0 Å². The van der Waals surface area contributed by atoms with Crippen LogP contribution in [0, 0.1) is 13.8 Å². The Kier molecular flexibility index (Phi) is 5.62. The van der Waals surface area contributed by atoms with E-state index in [2.05, 4.69) is 76.9 Å². The van der Waals surface area contributed by atoms with Gasteiger partial charge in [0.1, 0.15) is 5.82 Å². The van der Waals surface area contributed by atoms with Crippen LogP contribution in [0.2, 0.25) is 0 Å². The van der Waals surface area contributed by atoms with Crippen molar-refractivity contribution in [1.82, 2.24) is 9.97 Å². The first kappa shape index (κ1) is 17.0. The summed E-state index contributed by atoms with van der Waals surface area (Å²) in [5.74, 6) is 1.45. The number of nitrogens with zero attached hydrogens (tertiary/aromatic N) is 2. The van der Waals surface area contributed by atoms with Crippen molar-refractivity contribution < 1.29 is 0 Å². The van der Waals surface area contributed by atoms with Crippen molar-refractivity contribution in [2.24, 2.45) is 0 Å². The lowest BCUT2D eigenvalue weighted by Gasteiger charge is -2.10. The molecule has 4 nitrogen and oxygen atoms in total. The first-order valence-electron chi connectivity index (χ1n) is 8.66. The van der Waals surface area contributed by atoms with Crippen LogP contribution in [0.5, 0.6) is 0 Å². The lowest BCUT2D eigenvalue weighted by molar-refractivity contribution is 0.858. The van der Waals surface area contributed by atoms with Crippen molar-refractivity contribution in [2.75, 3.05) is 17.2 Å². The molecule has 0 fully saturated rings. The van der Waals surface area contributed by atoms with Crippen LogP contribution < -0.4 is 10.6 Å². The summed E-state index contributed by atoms with van der Waals surface area (Å²) in [7, 11) is 0. The fraction of sp³-hybridized carbons (Fsp3) is 0.238. The number of benzene rings is 2. The lowest BCUT2D eigenvalue weighted by Crippen LogP contribution is -2.06. The van der Waals surface area contributed by atoms with Gasteiger partial charge in [-0.05, 0) is 49.9 Å². The van der Waals surface area contributed by atoms with Crippen LogP contribution in [-0.4, -0.2) is 16.5 Å². The summed E-state index contributed by atoms with van der Waals surface area (Å²) in [6.45, 7) is 5.06. The third-order valence-electron chi connectivity index (χ3n) is 4.08. The predicted molar refractivity (Wildman–Crippen MR) is 104 cm³/mol. The quantitative estimate of drug-likeness (QED) is 0.605. The van der Waals surface area contributed by atoms with Crippen LogP contribution in [-0.2, 0) is 6.42 Å². The molecule has 0 amide bonds. The molecule has 3 rings (SSSR count). The summed E-state index contributed by atoms with van der Waals surface area (Å²) < 4.78 is 0. The molecule has 4 heteroatoms. The van der Waals surface area contributed by atoms with Crippen LogP contribution in [0.15, 0.2) is 60.8 Å². The van der Waals surface area contributed by atoms with Crippen LogP contribution >= 0.6 is 0 Å². The smallest absolute Gasteiger partial charge is 0.229 e. The van der Waals surface area contributed by atoms with Gasteiger partial charge in [-0.25, -0.2) is 4.98 Å². The van der Waals surface area contributed by atoms with Gasteiger partial charge >= 0.3 is 0 Å². The molecule has 1 aromatic heterocycles. The maximum absolute atomic E-state index is 4.54. The molecular formula is C21H24N4. The number of hydrogen-bond acceptors (Lipinski definition) is 4. The molecule has 0 saturated heterocycles. The van der Waals surface area contributed by atoms with Crippen LogP contribution in [0.4, 0.5) is 17.5 Å².